The molecule has 3 aromatic heterocycles. The van der Waals surface area contributed by atoms with Gasteiger partial charge in [0.25, 0.3) is 0 Å². The molecule has 67 heavy (non-hydrogen) atoms. The van der Waals surface area contributed by atoms with Crippen LogP contribution in [0.25, 0.3) is 123 Å². The zero-order valence-electron chi connectivity index (χ0n) is 36.4. The van der Waals surface area contributed by atoms with Crippen LogP contribution in [0.3, 0.4) is 0 Å². The van der Waals surface area contributed by atoms with Crippen LogP contribution in [0.4, 0.5) is 0 Å². The fourth-order valence-electron chi connectivity index (χ4n) is 9.36. The Hall–Kier alpha value is -9.06. The van der Waals surface area contributed by atoms with Gasteiger partial charge in [0.2, 0.25) is 0 Å². The highest BCUT2D eigenvalue weighted by atomic mass is 15.0. The Morgan fingerprint density at radius 1 is 0.254 bits per heavy atom. The minimum atomic E-state index is 0.581. The first kappa shape index (κ1) is 39.5. The average molecular weight is 856 g/mol. The van der Waals surface area contributed by atoms with Gasteiger partial charge in [-0.25, -0.2) is 19.9 Å². The van der Waals surface area contributed by atoms with E-state index in [1.165, 1.54) is 10.8 Å². The molecule has 0 atom stereocenters. The van der Waals surface area contributed by atoms with Gasteiger partial charge in [-0.05, 0) is 40.5 Å². The van der Waals surface area contributed by atoms with Gasteiger partial charge in [-0.15, -0.1) is 0 Å². The number of hydrogen-bond donors (Lipinski definition) is 1. The monoisotopic (exact) mass is 855 g/mol. The summed E-state index contributed by atoms with van der Waals surface area (Å²) in [6.07, 6.45) is 0. The summed E-state index contributed by atoms with van der Waals surface area (Å²) in [6.45, 7) is 0. The van der Waals surface area contributed by atoms with Crippen molar-refractivity contribution < 1.29 is 0 Å². The highest BCUT2D eigenvalue weighted by Gasteiger charge is 2.26. The van der Waals surface area contributed by atoms with Gasteiger partial charge in [0.15, 0.2) is 17.5 Å². The molecule has 5 nitrogen and oxygen atoms in total. The minimum absolute atomic E-state index is 0.581. The third-order valence-corrected chi connectivity index (χ3v) is 12.5. The van der Waals surface area contributed by atoms with E-state index in [-0.39, 0.29) is 0 Å². The maximum absolute atomic E-state index is 5.64. The van der Waals surface area contributed by atoms with Crippen LogP contribution in [0.5, 0.6) is 0 Å². The van der Waals surface area contributed by atoms with Gasteiger partial charge in [0.05, 0.1) is 16.9 Å². The molecule has 0 amide bonds. The Bertz CT molecular complexity index is 3620. The first-order valence-electron chi connectivity index (χ1n) is 22.6. The SMILES string of the molecule is c1ccc(-c2nc(-c3cccc(-c4c(-c5ccccc5)c(-c5ccccc5)nc(-c5ccccc5)c4-c4ccccc4)c3)nc(-c3cccc(-c4cccc5c4[nH]c4ccccc45)c3)n2)cc1. The van der Waals surface area contributed by atoms with Gasteiger partial charge in [-0.1, -0.05) is 224 Å². The van der Waals surface area contributed by atoms with Crippen LogP contribution in [-0.2, 0) is 0 Å². The van der Waals surface area contributed by atoms with E-state index in [2.05, 4.69) is 229 Å². The molecule has 314 valence electrons. The maximum Gasteiger partial charge on any atom is 0.164 e. The summed E-state index contributed by atoms with van der Waals surface area (Å²) >= 11 is 0. The molecule has 0 saturated heterocycles. The normalized spacial score (nSPS) is 11.3. The molecule has 0 saturated carbocycles. The number of aromatic nitrogens is 5. The molecule has 0 aliphatic carbocycles. The summed E-state index contributed by atoms with van der Waals surface area (Å²) in [5.74, 6) is 1.78. The third-order valence-electron chi connectivity index (χ3n) is 12.5. The summed E-state index contributed by atoms with van der Waals surface area (Å²) in [6, 6.07) is 84.6. The number of nitrogens with one attached hydrogen (secondary N) is 1. The molecule has 12 aromatic rings. The van der Waals surface area contributed by atoms with E-state index in [0.717, 1.165) is 94.7 Å². The van der Waals surface area contributed by atoms with Crippen molar-refractivity contribution in [3.8, 4) is 101 Å². The largest absolute Gasteiger partial charge is 0.354 e. The van der Waals surface area contributed by atoms with Crippen molar-refractivity contribution in [1.82, 2.24) is 24.9 Å². The molecular weight excluding hydrogens is 815 g/mol. The molecule has 1 N–H and O–H groups in total. The van der Waals surface area contributed by atoms with Crippen LogP contribution < -0.4 is 0 Å². The topological polar surface area (TPSA) is 67.3 Å². The van der Waals surface area contributed by atoms with Crippen molar-refractivity contribution in [2.75, 3.05) is 0 Å². The Morgan fingerprint density at radius 3 is 1.19 bits per heavy atom. The smallest absolute Gasteiger partial charge is 0.164 e. The van der Waals surface area contributed by atoms with Crippen LogP contribution >= 0.6 is 0 Å². The fourth-order valence-corrected chi connectivity index (χ4v) is 9.36. The molecule has 0 unspecified atom stereocenters. The second kappa shape index (κ2) is 17.1. The lowest BCUT2D eigenvalue weighted by molar-refractivity contribution is 1.07. The molecule has 0 aliphatic rings. The van der Waals surface area contributed by atoms with Crippen molar-refractivity contribution in [2.24, 2.45) is 0 Å². The molecule has 12 rings (SSSR count). The van der Waals surface area contributed by atoms with Crippen molar-refractivity contribution in [3.63, 3.8) is 0 Å². The molecule has 0 radical (unpaired) electrons. The van der Waals surface area contributed by atoms with Crippen molar-refractivity contribution in [2.45, 2.75) is 0 Å². The van der Waals surface area contributed by atoms with E-state index in [1.54, 1.807) is 0 Å². The number of hydrogen-bond acceptors (Lipinski definition) is 4. The number of benzene rings is 9. The summed E-state index contributed by atoms with van der Waals surface area (Å²) < 4.78 is 0. The third kappa shape index (κ3) is 7.44. The lowest BCUT2D eigenvalue weighted by atomic mass is 9.83. The standard InChI is InChI=1S/C62H41N5/c1-6-21-41(22-7-1)55-54(56(42-23-8-2-9-24-42)58(44-27-12-4-13-28-44)64-57(55)43-25-10-3-11-26-43)47-32-19-34-49(40-47)62-66-60(45-29-14-5-15-30-45)65-61(67-62)48-33-18-31-46(39-48)50-36-20-37-52-51-35-16-17-38-53(51)63-59(50)52/h1-40,63H. The molecule has 9 aromatic carbocycles. The Balaban J connectivity index is 1.09. The van der Waals surface area contributed by atoms with E-state index in [1.807, 2.05) is 18.2 Å². The predicted octanol–water partition coefficient (Wildman–Crippen LogP) is 15.9. The zero-order chi connectivity index (χ0) is 44.5. The molecular formula is C62H41N5. The molecule has 0 aliphatic heterocycles. The van der Waals surface area contributed by atoms with Crippen LogP contribution in [-0.4, -0.2) is 24.9 Å². The summed E-state index contributed by atoms with van der Waals surface area (Å²) in [7, 11) is 0. The van der Waals surface area contributed by atoms with Crippen molar-refractivity contribution in [1.29, 1.82) is 0 Å². The lowest BCUT2D eigenvalue weighted by Crippen LogP contribution is -2.02. The van der Waals surface area contributed by atoms with Crippen LogP contribution in [0, 0.1) is 0 Å². The predicted molar refractivity (Wildman–Crippen MR) is 276 cm³/mol. The number of para-hydroxylation sites is 2. The Labute approximate surface area is 388 Å². The molecule has 3 heterocycles. The average Bonchev–Trinajstić information content (AvgIpc) is 3.80. The fraction of sp³-hybridized carbons (Fsp3) is 0. The number of H-pyrrole nitrogens is 1. The summed E-state index contributed by atoms with van der Waals surface area (Å²) in [5, 5.41) is 2.40. The van der Waals surface area contributed by atoms with Crippen molar-refractivity contribution >= 4 is 21.8 Å². The minimum Gasteiger partial charge on any atom is -0.354 e. The van der Waals surface area contributed by atoms with E-state index in [9.17, 15) is 0 Å². The van der Waals surface area contributed by atoms with Gasteiger partial charge in [-0.3, -0.25) is 0 Å². The zero-order valence-corrected chi connectivity index (χ0v) is 36.4. The number of nitrogens with zero attached hydrogens (tertiary/aromatic N) is 4. The van der Waals surface area contributed by atoms with Crippen LogP contribution in [0.15, 0.2) is 243 Å². The quantitative estimate of drug-likeness (QED) is 0.157. The highest BCUT2D eigenvalue weighted by Crippen LogP contribution is 2.49. The van der Waals surface area contributed by atoms with Crippen LogP contribution in [0.2, 0.25) is 0 Å². The van der Waals surface area contributed by atoms with Crippen LogP contribution in [0.1, 0.15) is 0 Å². The number of fused-ring (bicyclic) bond motifs is 3. The number of pyridine rings is 1. The Kier molecular flexibility index (Phi) is 10.1. The molecule has 0 bridgehead atoms. The molecule has 5 heteroatoms. The van der Waals surface area contributed by atoms with Gasteiger partial charge in [-0.2, -0.15) is 0 Å². The molecule has 0 spiro atoms. The van der Waals surface area contributed by atoms with E-state index in [4.69, 9.17) is 19.9 Å². The van der Waals surface area contributed by atoms with Crippen molar-refractivity contribution in [3.05, 3.63) is 243 Å². The summed E-state index contributed by atoms with van der Waals surface area (Å²) in [4.78, 5) is 25.1. The first-order valence-corrected chi connectivity index (χ1v) is 22.6. The Morgan fingerprint density at radius 2 is 0.642 bits per heavy atom. The maximum atomic E-state index is 5.64. The highest BCUT2D eigenvalue weighted by molar-refractivity contribution is 6.12. The molecule has 0 fully saturated rings. The van der Waals surface area contributed by atoms with Gasteiger partial charge >= 0.3 is 0 Å². The first-order chi connectivity index (χ1) is 33.2. The van der Waals surface area contributed by atoms with Gasteiger partial charge in [0.1, 0.15) is 0 Å². The lowest BCUT2D eigenvalue weighted by Gasteiger charge is -2.23. The van der Waals surface area contributed by atoms with E-state index in [0.29, 0.717) is 17.5 Å². The second-order valence-corrected chi connectivity index (χ2v) is 16.6. The van der Waals surface area contributed by atoms with E-state index < -0.39 is 0 Å². The summed E-state index contributed by atoms with van der Waals surface area (Å²) in [5.41, 5.74) is 17.3. The van der Waals surface area contributed by atoms with Gasteiger partial charge in [0, 0.05) is 66.4 Å². The second-order valence-electron chi connectivity index (χ2n) is 16.6. The van der Waals surface area contributed by atoms with E-state index >= 15 is 0 Å². The van der Waals surface area contributed by atoms with Gasteiger partial charge < -0.3 is 4.98 Å². The number of rotatable bonds is 9. The number of aromatic amines is 1.